The Balaban J connectivity index is 1.64. The number of nitro groups is 1. The van der Waals surface area contributed by atoms with Crippen molar-refractivity contribution in [2.45, 2.75) is 6.54 Å². The lowest BCUT2D eigenvalue weighted by molar-refractivity contribution is -0.914. The van der Waals surface area contributed by atoms with Gasteiger partial charge in [0, 0.05) is 24.0 Å². The zero-order valence-electron chi connectivity index (χ0n) is 12.3. The number of anilines is 1. The molecule has 0 amide bonds. The maximum absolute atomic E-state index is 11.1. The first-order chi connectivity index (χ1) is 10.7. The van der Waals surface area contributed by atoms with Crippen LogP contribution in [0.2, 0.25) is 0 Å². The van der Waals surface area contributed by atoms with E-state index >= 15 is 0 Å². The molecule has 0 radical (unpaired) electrons. The standard InChI is InChI=1S/C16H18N4O2/c21-20(22)16-4-2-1-3-15(16)19-11-9-18(10-12-19)13-14-5-7-17-8-6-14/h1-8H,9-13H2/p+1. The predicted octanol–water partition coefficient (Wildman–Crippen LogP) is 0.895. The Kier molecular flexibility index (Phi) is 4.29. The summed E-state index contributed by atoms with van der Waals surface area (Å²) in [5.41, 5.74) is 2.21. The van der Waals surface area contributed by atoms with E-state index in [4.69, 9.17) is 0 Å². The molecule has 0 aliphatic carbocycles. The molecule has 6 heteroatoms. The average molecular weight is 299 g/mol. The van der Waals surface area contributed by atoms with Gasteiger partial charge in [-0.15, -0.1) is 0 Å². The van der Waals surface area contributed by atoms with Crippen LogP contribution in [0.1, 0.15) is 5.56 Å². The first-order valence-electron chi connectivity index (χ1n) is 7.45. The number of hydrogen-bond donors (Lipinski definition) is 1. The van der Waals surface area contributed by atoms with E-state index in [9.17, 15) is 10.1 Å². The summed E-state index contributed by atoms with van der Waals surface area (Å²) in [7, 11) is 0. The van der Waals surface area contributed by atoms with Gasteiger partial charge in [0.05, 0.1) is 31.1 Å². The van der Waals surface area contributed by atoms with Gasteiger partial charge >= 0.3 is 0 Å². The van der Waals surface area contributed by atoms with Crippen LogP contribution in [0.15, 0.2) is 48.8 Å². The van der Waals surface area contributed by atoms with Gasteiger partial charge in [0.15, 0.2) is 0 Å². The van der Waals surface area contributed by atoms with Gasteiger partial charge in [-0.05, 0) is 18.2 Å². The van der Waals surface area contributed by atoms with Gasteiger partial charge in [-0.3, -0.25) is 15.1 Å². The fourth-order valence-electron chi connectivity index (χ4n) is 2.92. The minimum absolute atomic E-state index is 0.195. The van der Waals surface area contributed by atoms with Crippen LogP contribution < -0.4 is 9.80 Å². The molecule has 1 fully saturated rings. The minimum Gasteiger partial charge on any atom is -0.355 e. The van der Waals surface area contributed by atoms with Gasteiger partial charge in [0.1, 0.15) is 12.2 Å². The molecule has 0 atom stereocenters. The van der Waals surface area contributed by atoms with Crippen LogP contribution in [0, 0.1) is 10.1 Å². The van der Waals surface area contributed by atoms with E-state index in [2.05, 4.69) is 9.88 Å². The van der Waals surface area contributed by atoms with Crippen LogP contribution in [0.4, 0.5) is 11.4 Å². The zero-order chi connectivity index (χ0) is 15.4. The van der Waals surface area contributed by atoms with E-state index in [1.54, 1.807) is 12.1 Å². The maximum atomic E-state index is 11.1. The second-order valence-corrected chi connectivity index (χ2v) is 5.52. The summed E-state index contributed by atoms with van der Waals surface area (Å²) in [6.45, 7) is 4.62. The molecular formula is C16H19N4O2+. The normalized spacial score (nSPS) is 15.7. The van der Waals surface area contributed by atoms with Crippen molar-refractivity contribution in [2.24, 2.45) is 0 Å². The van der Waals surface area contributed by atoms with Gasteiger partial charge < -0.3 is 9.80 Å². The number of benzene rings is 1. The van der Waals surface area contributed by atoms with Crippen LogP contribution in [0.25, 0.3) is 0 Å². The number of para-hydroxylation sites is 2. The van der Waals surface area contributed by atoms with Gasteiger partial charge in [0.25, 0.3) is 5.69 Å². The fourth-order valence-corrected chi connectivity index (χ4v) is 2.92. The quantitative estimate of drug-likeness (QED) is 0.673. The Hall–Kier alpha value is -2.47. The molecule has 6 nitrogen and oxygen atoms in total. The van der Waals surface area contributed by atoms with Gasteiger partial charge in [-0.25, -0.2) is 0 Å². The molecule has 1 aliphatic heterocycles. The summed E-state index contributed by atoms with van der Waals surface area (Å²) in [5, 5.41) is 11.1. The second-order valence-electron chi connectivity index (χ2n) is 5.52. The molecule has 1 aromatic carbocycles. The number of piperazine rings is 1. The van der Waals surface area contributed by atoms with E-state index in [0.717, 1.165) is 38.4 Å². The van der Waals surface area contributed by atoms with E-state index in [-0.39, 0.29) is 10.6 Å². The molecule has 1 aromatic heterocycles. The summed E-state index contributed by atoms with van der Waals surface area (Å²) in [6.07, 6.45) is 3.64. The van der Waals surface area contributed by atoms with Crippen molar-refractivity contribution in [1.82, 2.24) is 4.98 Å². The lowest BCUT2D eigenvalue weighted by atomic mass is 10.2. The highest BCUT2D eigenvalue weighted by Crippen LogP contribution is 2.27. The van der Waals surface area contributed by atoms with Crippen molar-refractivity contribution < 1.29 is 9.82 Å². The number of nitrogens with one attached hydrogen (secondary N) is 1. The van der Waals surface area contributed by atoms with Crippen molar-refractivity contribution in [3.63, 3.8) is 0 Å². The predicted molar refractivity (Wildman–Crippen MR) is 83.9 cm³/mol. The highest BCUT2D eigenvalue weighted by Gasteiger charge is 2.25. The maximum Gasteiger partial charge on any atom is 0.292 e. The van der Waals surface area contributed by atoms with Crippen LogP contribution in [-0.4, -0.2) is 36.1 Å². The average Bonchev–Trinajstić information content (AvgIpc) is 2.56. The third kappa shape index (κ3) is 3.23. The van der Waals surface area contributed by atoms with E-state index in [0.29, 0.717) is 0 Å². The van der Waals surface area contributed by atoms with E-state index in [1.165, 1.54) is 10.5 Å². The van der Waals surface area contributed by atoms with Crippen LogP contribution in [0.3, 0.4) is 0 Å². The van der Waals surface area contributed by atoms with E-state index in [1.807, 2.05) is 36.7 Å². The van der Waals surface area contributed by atoms with Crippen LogP contribution in [-0.2, 0) is 6.54 Å². The summed E-state index contributed by atoms with van der Waals surface area (Å²) in [4.78, 5) is 18.5. The van der Waals surface area contributed by atoms with Crippen molar-refractivity contribution >= 4 is 11.4 Å². The van der Waals surface area contributed by atoms with Crippen molar-refractivity contribution in [1.29, 1.82) is 0 Å². The first kappa shape index (κ1) is 14.5. The third-order valence-corrected chi connectivity index (χ3v) is 4.09. The smallest absolute Gasteiger partial charge is 0.292 e. The second kappa shape index (κ2) is 6.53. The Bertz CT molecular complexity index is 640. The zero-order valence-corrected chi connectivity index (χ0v) is 12.3. The van der Waals surface area contributed by atoms with Crippen molar-refractivity contribution in [3.8, 4) is 0 Å². The summed E-state index contributed by atoms with van der Waals surface area (Å²) in [5.74, 6) is 0. The molecular weight excluding hydrogens is 280 g/mol. The fraction of sp³-hybridized carbons (Fsp3) is 0.312. The molecule has 0 saturated carbocycles. The van der Waals surface area contributed by atoms with Gasteiger partial charge in [-0.1, -0.05) is 12.1 Å². The molecule has 0 spiro atoms. The first-order valence-corrected chi connectivity index (χ1v) is 7.45. The minimum atomic E-state index is -0.300. The van der Waals surface area contributed by atoms with Crippen molar-refractivity contribution in [3.05, 3.63) is 64.5 Å². The number of aromatic nitrogens is 1. The Morgan fingerprint density at radius 2 is 1.82 bits per heavy atom. The summed E-state index contributed by atoms with van der Waals surface area (Å²) in [6, 6.07) is 11.1. The van der Waals surface area contributed by atoms with E-state index < -0.39 is 0 Å². The summed E-state index contributed by atoms with van der Waals surface area (Å²) >= 11 is 0. The molecule has 114 valence electrons. The molecule has 2 aromatic rings. The molecule has 1 saturated heterocycles. The molecule has 1 N–H and O–H groups in total. The third-order valence-electron chi connectivity index (χ3n) is 4.09. The van der Waals surface area contributed by atoms with Crippen LogP contribution in [0.5, 0.6) is 0 Å². The largest absolute Gasteiger partial charge is 0.355 e. The molecule has 2 heterocycles. The monoisotopic (exact) mass is 299 g/mol. The van der Waals surface area contributed by atoms with Gasteiger partial charge in [0.2, 0.25) is 0 Å². The van der Waals surface area contributed by atoms with Crippen molar-refractivity contribution in [2.75, 3.05) is 31.1 Å². The number of pyridine rings is 1. The number of rotatable bonds is 4. The SMILES string of the molecule is O=[N+]([O-])c1ccccc1N1CC[NH+](Cc2ccncc2)CC1. The Morgan fingerprint density at radius 3 is 2.50 bits per heavy atom. The lowest BCUT2D eigenvalue weighted by Gasteiger charge is -2.33. The number of quaternary nitrogens is 1. The molecule has 0 unspecified atom stereocenters. The lowest BCUT2D eigenvalue weighted by Crippen LogP contribution is -3.13. The number of nitro benzene ring substituents is 1. The number of hydrogen-bond acceptors (Lipinski definition) is 4. The topological polar surface area (TPSA) is 63.7 Å². The highest BCUT2D eigenvalue weighted by molar-refractivity contribution is 5.63. The van der Waals surface area contributed by atoms with Gasteiger partial charge in [-0.2, -0.15) is 0 Å². The Morgan fingerprint density at radius 1 is 1.14 bits per heavy atom. The molecule has 3 rings (SSSR count). The molecule has 1 aliphatic rings. The molecule has 22 heavy (non-hydrogen) atoms. The highest BCUT2D eigenvalue weighted by atomic mass is 16.6. The molecule has 0 bridgehead atoms. The summed E-state index contributed by atoms with van der Waals surface area (Å²) < 4.78 is 0. The number of nitrogens with zero attached hydrogens (tertiary/aromatic N) is 3. The van der Waals surface area contributed by atoms with Crippen LogP contribution >= 0.6 is 0 Å². The Labute approximate surface area is 129 Å².